The molecule has 2 aromatic rings. The Hall–Kier alpha value is -2.37. The number of hydrogen-bond acceptors (Lipinski definition) is 4. The highest BCUT2D eigenvalue weighted by atomic mass is 16.3. The molecular weight excluding hydrogens is 340 g/mol. The summed E-state index contributed by atoms with van der Waals surface area (Å²) >= 11 is 0. The molecule has 1 saturated heterocycles. The fourth-order valence-electron chi connectivity index (χ4n) is 4.10. The summed E-state index contributed by atoms with van der Waals surface area (Å²) in [5.74, 6) is -0.0919. The molecule has 27 heavy (non-hydrogen) atoms. The molecule has 142 valence electrons. The summed E-state index contributed by atoms with van der Waals surface area (Å²) in [5.41, 5.74) is 3.22. The second-order valence-electron chi connectivity index (χ2n) is 7.65. The summed E-state index contributed by atoms with van der Waals surface area (Å²) in [6.45, 7) is 4.18. The van der Waals surface area contributed by atoms with Crippen molar-refractivity contribution in [2.45, 2.75) is 44.6 Å². The first-order valence-electron chi connectivity index (χ1n) is 9.62. The molecule has 1 fully saturated rings. The number of carbonyl (C=O) groups excluding carboxylic acids is 1. The molecule has 2 aliphatic rings. The monoisotopic (exact) mass is 366 g/mol. The minimum atomic E-state index is -1.08. The normalized spacial score (nSPS) is 24.8. The van der Waals surface area contributed by atoms with Gasteiger partial charge in [-0.05, 0) is 42.2 Å². The number of aliphatic hydroxyl groups excluding tert-OH is 1. The molecule has 5 heteroatoms. The van der Waals surface area contributed by atoms with Crippen molar-refractivity contribution in [3.8, 4) is 0 Å². The number of piperidine rings is 1. The van der Waals surface area contributed by atoms with Crippen LogP contribution in [0.15, 0.2) is 48.5 Å². The molecule has 0 spiro atoms. The molecule has 0 unspecified atom stereocenters. The molecule has 2 N–H and O–H groups in total. The van der Waals surface area contributed by atoms with Crippen LogP contribution < -0.4 is 4.90 Å². The average molecular weight is 366 g/mol. The van der Waals surface area contributed by atoms with Gasteiger partial charge in [0.2, 0.25) is 0 Å². The van der Waals surface area contributed by atoms with E-state index >= 15 is 0 Å². The van der Waals surface area contributed by atoms with Crippen molar-refractivity contribution < 1.29 is 15.0 Å². The van der Waals surface area contributed by atoms with Gasteiger partial charge >= 0.3 is 0 Å². The van der Waals surface area contributed by atoms with Gasteiger partial charge in [-0.1, -0.05) is 37.3 Å². The molecule has 2 heterocycles. The predicted molar refractivity (Wildman–Crippen MR) is 105 cm³/mol. The molecule has 0 radical (unpaired) electrons. The van der Waals surface area contributed by atoms with Crippen LogP contribution >= 0.6 is 0 Å². The van der Waals surface area contributed by atoms with Crippen LogP contribution in [0.4, 0.5) is 5.69 Å². The van der Waals surface area contributed by atoms with E-state index in [9.17, 15) is 15.0 Å². The van der Waals surface area contributed by atoms with Crippen molar-refractivity contribution in [3.05, 3.63) is 65.2 Å². The molecular formula is C22H26N2O3. The lowest BCUT2D eigenvalue weighted by atomic mass is 9.86. The lowest BCUT2D eigenvalue weighted by molar-refractivity contribution is -0.114. The van der Waals surface area contributed by atoms with Gasteiger partial charge in [0.05, 0.1) is 5.60 Å². The number of anilines is 1. The molecule has 0 aliphatic carbocycles. The maximum absolute atomic E-state index is 12.9. The summed E-state index contributed by atoms with van der Waals surface area (Å²) in [7, 11) is 0. The Morgan fingerprint density at radius 1 is 1.15 bits per heavy atom. The van der Waals surface area contributed by atoms with E-state index in [2.05, 4.69) is 29.2 Å². The topological polar surface area (TPSA) is 64.0 Å². The summed E-state index contributed by atoms with van der Waals surface area (Å²) in [6, 6.07) is 16.1. The van der Waals surface area contributed by atoms with Crippen LogP contribution in [-0.2, 0) is 13.1 Å². The van der Waals surface area contributed by atoms with Crippen molar-refractivity contribution in [3.63, 3.8) is 0 Å². The van der Waals surface area contributed by atoms with Gasteiger partial charge in [-0.15, -0.1) is 0 Å². The molecule has 2 aromatic carbocycles. The van der Waals surface area contributed by atoms with Crippen LogP contribution in [-0.4, -0.2) is 45.8 Å². The number of nitrogens with zero attached hydrogens (tertiary/aromatic N) is 2. The smallest absolute Gasteiger partial charge is 0.254 e. The van der Waals surface area contributed by atoms with Gasteiger partial charge in [0.15, 0.2) is 0 Å². The van der Waals surface area contributed by atoms with Crippen LogP contribution in [0.1, 0.15) is 41.3 Å². The lowest BCUT2D eigenvalue weighted by Crippen LogP contribution is -2.56. The zero-order valence-electron chi connectivity index (χ0n) is 15.6. The fraction of sp³-hybridized carbons (Fsp3) is 0.409. The quantitative estimate of drug-likeness (QED) is 0.876. The number of carbonyl (C=O) groups is 1. The molecule has 5 nitrogen and oxygen atoms in total. The van der Waals surface area contributed by atoms with E-state index in [0.717, 1.165) is 18.8 Å². The number of β-amino-alcohol motifs (C(OH)–C–C–N with tert-alkyl or cyclic N) is 1. The SMILES string of the molecule is CC[C@@]1(O)CCN(C(=O)c2cccc(N3Cc4ccccc4C3)c2)C[C@H]1O. The highest BCUT2D eigenvalue weighted by Gasteiger charge is 2.40. The number of benzene rings is 2. The highest BCUT2D eigenvalue weighted by Crippen LogP contribution is 2.30. The first kappa shape index (κ1) is 18.0. The summed E-state index contributed by atoms with van der Waals surface area (Å²) in [5, 5.41) is 20.7. The molecule has 1 amide bonds. The van der Waals surface area contributed by atoms with Crippen LogP contribution in [0.3, 0.4) is 0 Å². The average Bonchev–Trinajstić information content (AvgIpc) is 3.14. The summed E-state index contributed by atoms with van der Waals surface area (Å²) < 4.78 is 0. The zero-order valence-corrected chi connectivity index (χ0v) is 15.6. The third-order valence-corrected chi connectivity index (χ3v) is 6.03. The minimum absolute atomic E-state index is 0.0919. The van der Waals surface area contributed by atoms with Crippen molar-refractivity contribution in [2.24, 2.45) is 0 Å². The number of hydrogen-bond donors (Lipinski definition) is 2. The Morgan fingerprint density at radius 2 is 1.85 bits per heavy atom. The van der Waals surface area contributed by atoms with Gasteiger partial charge in [-0.3, -0.25) is 4.79 Å². The van der Waals surface area contributed by atoms with E-state index < -0.39 is 11.7 Å². The maximum Gasteiger partial charge on any atom is 0.254 e. The van der Waals surface area contributed by atoms with Crippen LogP contribution in [0.25, 0.3) is 0 Å². The molecule has 0 bridgehead atoms. The van der Waals surface area contributed by atoms with Gasteiger partial charge in [0.1, 0.15) is 6.10 Å². The van der Waals surface area contributed by atoms with E-state index in [1.165, 1.54) is 11.1 Å². The molecule has 0 aromatic heterocycles. The first-order valence-corrected chi connectivity index (χ1v) is 9.62. The Kier molecular flexibility index (Phi) is 4.66. The van der Waals surface area contributed by atoms with Gasteiger partial charge in [0.25, 0.3) is 5.91 Å². The Labute approximate surface area is 159 Å². The second-order valence-corrected chi connectivity index (χ2v) is 7.65. The first-order chi connectivity index (χ1) is 13.0. The summed E-state index contributed by atoms with van der Waals surface area (Å²) in [4.78, 5) is 16.9. The molecule has 2 aliphatic heterocycles. The van der Waals surface area contributed by atoms with E-state index in [1.54, 1.807) is 4.90 Å². The largest absolute Gasteiger partial charge is 0.388 e. The third kappa shape index (κ3) is 3.33. The van der Waals surface area contributed by atoms with E-state index in [-0.39, 0.29) is 12.5 Å². The molecule has 0 saturated carbocycles. The standard InChI is InChI=1S/C22H26N2O3/c1-2-22(27)10-11-23(15-20(22)25)21(26)16-8-5-9-19(12-16)24-13-17-6-3-4-7-18(17)14-24/h3-9,12,20,25,27H,2,10-11,13-15H2,1H3/t20-,22-/m1/s1. The number of likely N-dealkylation sites (tertiary alicyclic amines) is 1. The van der Waals surface area contributed by atoms with Crippen molar-refractivity contribution in [2.75, 3.05) is 18.0 Å². The predicted octanol–water partition coefficient (Wildman–Crippen LogP) is 2.55. The van der Waals surface area contributed by atoms with Crippen molar-refractivity contribution in [1.29, 1.82) is 0 Å². The Balaban J connectivity index is 1.49. The van der Waals surface area contributed by atoms with E-state index in [1.807, 2.05) is 31.2 Å². The fourth-order valence-corrected chi connectivity index (χ4v) is 4.10. The van der Waals surface area contributed by atoms with Gasteiger partial charge in [-0.2, -0.15) is 0 Å². The van der Waals surface area contributed by atoms with Crippen molar-refractivity contribution >= 4 is 11.6 Å². The minimum Gasteiger partial charge on any atom is -0.388 e. The number of rotatable bonds is 3. The van der Waals surface area contributed by atoms with Crippen LogP contribution in [0.2, 0.25) is 0 Å². The van der Waals surface area contributed by atoms with E-state index in [4.69, 9.17) is 0 Å². The van der Waals surface area contributed by atoms with Gasteiger partial charge < -0.3 is 20.0 Å². The summed E-state index contributed by atoms with van der Waals surface area (Å²) in [6.07, 6.45) is -0.0184. The number of fused-ring (bicyclic) bond motifs is 1. The van der Waals surface area contributed by atoms with Crippen LogP contribution in [0.5, 0.6) is 0 Å². The Morgan fingerprint density at radius 3 is 2.48 bits per heavy atom. The van der Waals surface area contributed by atoms with Crippen LogP contribution in [0, 0.1) is 0 Å². The molecule has 4 rings (SSSR count). The molecule has 2 atom stereocenters. The zero-order chi connectivity index (χ0) is 19.0. The third-order valence-electron chi connectivity index (χ3n) is 6.03. The Bertz CT molecular complexity index is 828. The van der Waals surface area contributed by atoms with Gasteiger partial charge in [0, 0.05) is 37.4 Å². The second kappa shape index (κ2) is 6.98. The maximum atomic E-state index is 12.9. The number of aliphatic hydroxyl groups is 2. The van der Waals surface area contributed by atoms with Crippen molar-refractivity contribution in [1.82, 2.24) is 4.90 Å². The van der Waals surface area contributed by atoms with Gasteiger partial charge in [-0.25, -0.2) is 0 Å². The van der Waals surface area contributed by atoms with E-state index in [0.29, 0.717) is 24.9 Å². The highest BCUT2D eigenvalue weighted by molar-refractivity contribution is 5.95. The lowest BCUT2D eigenvalue weighted by Gasteiger charge is -2.41. The number of amides is 1.